The van der Waals surface area contributed by atoms with Crippen LogP contribution in [0.2, 0.25) is 0 Å². The van der Waals surface area contributed by atoms with E-state index in [9.17, 15) is 8.42 Å². The molecule has 4 nitrogen and oxygen atoms in total. The lowest BCUT2D eigenvalue weighted by Crippen LogP contribution is -2.02. The van der Waals surface area contributed by atoms with E-state index in [0.29, 0.717) is 6.42 Å². The third kappa shape index (κ3) is 24.7. The maximum Gasteiger partial charge on any atom is 0.264 e. The molecule has 0 rings (SSSR count). The second-order valence-electron chi connectivity index (χ2n) is 2.33. The molecule has 0 aromatic rings. The zero-order valence-corrected chi connectivity index (χ0v) is 8.55. The fourth-order valence-corrected chi connectivity index (χ4v) is 1.10. The Bertz CT molecular complexity index is 251. The first-order chi connectivity index (χ1) is 5.97. The highest BCUT2D eigenvalue weighted by Gasteiger charge is 2.01. The van der Waals surface area contributed by atoms with Crippen molar-refractivity contribution < 1.29 is 13.0 Å². The Hall–Kier alpha value is -0.860. The van der Waals surface area contributed by atoms with Gasteiger partial charge in [-0.2, -0.15) is 13.7 Å². The van der Waals surface area contributed by atoms with Gasteiger partial charge in [0, 0.05) is 6.08 Å². The molecule has 0 unspecified atom stereocenters. The van der Waals surface area contributed by atoms with Gasteiger partial charge in [0.2, 0.25) is 0 Å². The highest BCUT2D eigenvalue weighted by Crippen LogP contribution is 1.96. The van der Waals surface area contributed by atoms with Crippen LogP contribution in [0, 0.1) is 11.3 Å². The summed E-state index contributed by atoms with van der Waals surface area (Å²) < 4.78 is 28.3. The van der Waals surface area contributed by atoms with E-state index in [1.165, 1.54) is 6.08 Å². The van der Waals surface area contributed by atoms with E-state index in [1.807, 2.05) is 6.92 Å². The Kier molecular flexibility index (Phi) is 10.4. The van der Waals surface area contributed by atoms with Crippen LogP contribution in [0.1, 0.15) is 26.2 Å². The number of hydrogen-bond acceptors (Lipinski definition) is 3. The predicted octanol–water partition coefficient (Wildman–Crippen LogP) is 1.76. The predicted molar refractivity (Wildman–Crippen MR) is 51.8 cm³/mol. The maximum atomic E-state index is 10.1. The highest BCUT2D eigenvalue weighted by atomic mass is 32.2. The molecule has 0 aromatic heterocycles. The van der Waals surface area contributed by atoms with E-state index >= 15 is 0 Å². The minimum absolute atomic E-state index is 0.0964. The first-order valence-corrected chi connectivity index (χ1v) is 5.54. The average Bonchev–Trinajstić information content (AvgIpc) is 2.03. The van der Waals surface area contributed by atoms with Crippen LogP contribution in [0.3, 0.4) is 0 Å². The van der Waals surface area contributed by atoms with Gasteiger partial charge in [-0.25, -0.2) is 0 Å². The van der Waals surface area contributed by atoms with Crippen molar-refractivity contribution in [2.45, 2.75) is 26.2 Å². The molecule has 0 heterocycles. The average molecular weight is 205 g/mol. The smallest absolute Gasteiger partial charge is 0.264 e. The zero-order chi connectivity index (χ0) is 10.7. The zero-order valence-electron chi connectivity index (χ0n) is 7.73. The Labute approximate surface area is 79.6 Å². The summed E-state index contributed by atoms with van der Waals surface area (Å²) in [5.74, 6) is -0.0964. The van der Waals surface area contributed by atoms with E-state index < -0.39 is 10.1 Å². The minimum Gasteiger partial charge on any atom is -0.286 e. The molecule has 0 aliphatic rings. The van der Waals surface area contributed by atoms with Gasteiger partial charge in [0.25, 0.3) is 10.1 Å². The van der Waals surface area contributed by atoms with Gasteiger partial charge in [0.1, 0.15) is 0 Å². The van der Waals surface area contributed by atoms with Gasteiger partial charge in [-0.1, -0.05) is 26.3 Å². The quantitative estimate of drug-likeness (QED) is 0.431. The Morgan fingerprint density at radius 3 is 2.23 bits per heavy atom. The molecule has 0 aromatic carbocycles. The van der Waals surface area contributed by atoms with Crippen molar-refractivity contribution in [2.75, 3.05) is 5.75 Å². The number of hydrogen-bond donors (Lipinski definition) is 1. The summed E-state index contributed by atoms with van der Waals surface area (Å²) >= 11 is 0. The molecule has 1 N–H and O–H groups in total. The van der Waals surface area contributed by atoms with Gasteiger partial charge in [-0.05, 0) is 6.42 Å². The van der Waals surface area contributed by atoms with Crippen LogP contribution in [-0.2, 0) is 10.1 Å². The molecule has 0 saturated carbocycles. The normalized spacial score (nSPS) is 9.31. The monoisotopic (exact) mass is 205 g/mol. The first kappa shape index (κ1) is 14.7. The lowest BCUT2D eigenvalue weighted by Gasteiger charge is -1.92. The second-order valence-corrected chi connectivity index (χ2v) is 3.90. The number of nitriles is 1. The molecule has 13 heavy (non-hydrogen) atoms. The SMILES string of the molecule is C=CC#N.CCCCCS(=O)(=O)O. The Morgan fingerprint density at radius 1 is 1.54 bits per heavy atom. The standard InChI is InChI=1S/C5H12O3S.C3H3N/c1-2-3-4-5-9(6,7)8;1-2-3-4/h2-5H2,1H3,(H,6,7,8);2H,1H2. The molecule has 0 spiro atoms. The summed E-state index contributed by atoms with van der Waals surface area (Å²) in [7, 11) is -3.70. The molecule has 0 radical (unpaired) electrons. The van der Waals surface area contributed by atoms with Crippen LogP contribution in [0.4, 0.5) is 0 Å². The van der Waals surface area contributed by atoms with Gasteiger partial charge in [-0.15, -0.1) is 0 Å². The topological polar surface area (TPSA) is 78.2 Å². The lowest BCUT2D eigenvalue weighted by atomic mass is 10.3. The van der Waals surface area contributed by atoms with Gasteiger partial charge in [0.05, 0.1) is 11.8 Å². The fraction of sp³-hybridized carbons (Fsp3) is 0.625. The largest absolute Gasteiger partial charge is 0.286 e. The van der Waals surface area contributed by atoms with Crippen molar-refractivity contribution in [3.05, 3.63) is 12.7 Å². The van der Waals surface area contributed by atoms with Gasteiger partial charge in [-0.3, -0.25) is 4.55 Å². The van der Waals surface area contributed by atoms with Gasteiger partial charge in [0.15, 0.2) is 0 Å². The summed E-state index contributed by atoms with van der Waals surface area (Å²) in [5, 5.41) is 7.51. The molecule has 76 valence electrons. The number of rotatable bonds is 4. The van der Waals surface area contributed by atoms with Crippen LogP contribution in [0.15, 0.2) is 12.7 Å². The third-order valence-electron chi connectivity index (χ3n) is 1.10. The minimum atomic E-state index is -3.70. The second kappa shape index (κ2) is 9.23. The molecule has 0 aliphatic heterocycles. The molecule has 0 aliphatic carbocycles. The summed E-state index contributed by atoms with van der Waals surface area (Å²) in [6, 6.07) is 1.69. The number of allylic oxidation sites excluding steroid dienone is 1. The molecule has 0 saturated heterocycles. The molecule has 0 bridgehead atoms. The van der Waals surface area contributed by atoms with Crippen molar-refractivity contribution in [1.29, 1.82) is 5.26 Å². The van der Waals surface area contributed by atoms with E-state index in [4.69, 9.17) is 9.81 Å². The summed E-state index contributed by atoms with van der Waals surface area (Å²) in [4.78, 5) is 0. The highest BCUT2D eigenvalue weighted by molar-refractivity contribution is 7.85. The van der Waals surface area contributed by atoms with Gasteiger partial charge < -0.3 is 0 Å². The molecule has 0 amide bonds. The van der Waals surface area contributed by atoms with Crippen molar-refractivity contribution in [3.63, 3.8) is 0 Å². The lowest BCUT2D eigenvalue weighted by molar-refractivity contribution is 0.480. The van der Waals surface area contributed by atoms with Crippen LogP contribution in [0.25, 0.3) is 0 Å². The van der Waals surface area contributed by atoms with E-state index in [0.717, 1.165) is 12.8 Å². The maximum absolute atomic E-state index is 10.1. The van der Waals surface area contributed by atoms with Crippen LogP contribution in [-0.4, -0.2) is 18.7 Å². The van der Waals surface area contributed by atoms with Crippen molar-refractivity contribution in [3.8, 4) is 6.07 Å². The van der Waals surface area contributed by atoms with Crippen molar-refractivity contribution in [1.82, 2.24) is 0 Å². The van der Waals surface area contributed by atoms with Crippen LogP contribution < -0.4 is 0 Å². The molecule has 0 fully saturated rings. The van der Waals surface area contributed by atoms with E-state index in [1.54, 1.807) is 6.07 Å². The first-order valence-electron chi connectivity index (χ1n) is 3.93. The van der Waals surface area contributed by atoms with E-state index in [2.05, 4.69) is 6.58 Å². The third-order valence-corrected chi connectivity index (χ3v) is 1.90. The summed E-state index contributed by atoms with van der Waals surface area (Å²) in [6.45, 7) is 5.09. The van der Waals surface area contributed by atoms with Crippen molar-refractivity contribution in [2.24, 2.45) is 0 Å². The Morgan fingerprint density at radius 2 is 2.00 bits per heavy atom. The summed E-state index contributed by atoms with van der Waals surface area (Å²) in [6.07, 6.45) is 3.57. The number of unbranched alkanes of at least 4 members (excludes halogenated alkanes) is 2. The van der Waals surface area contributed by atoms with Gasteiger partial charge >= 0.3 is 0 Å². The molecule has 5 heteroatoms. The Balaban J connectivity index is 0. The number of nitrogens with zero attached hydrogens (tertiary/aromatic N) is 1. The summed E-state index contributed by atoms with van der Waals surface area (Å²) in [5.41, 5.74) is 0. The van der Waals surface area contributed by atoms with Crippen LogP contribution >= 0.6 is 0 Å². The fourth-order valence-electron chi connectivity index (χ4n) is 0.534. The van der Waals surface area contributed by atoms with E-state index in [-0.39, 0.29) is 5.75 Å². The molecular formula is C8H15NO3S. The van der Waals surface area contributed by atoms with Crippen LogP contribution in [0.5, 0.6) is 0 Å². The molecular weight excluding hydrogens is 190 g/mol. The molecule has 0 atom stereocenters. The van der Waals surface area contributed by atoms with Crippen molar-refractivity contribution >= 4 is 10.1 Å².